The second-order valence-electron chi connectivity index (χ2n) is 13.9. The first-order valence-electron chi connectivity index (χ1n) is 16.7. The highest BCUT2D eigenvalue weighted by Gasteiger charge is 2.45. The first-order valence-corrected chi connectivity index (χ1v) is 19.5. The summed E-state index contributed by atoms with van der Waals surface area (Å²) in [5.74, 6) is -0.485. The van der Waals surface area contributed by atoms with E-state index in [0.29, 0.717) is 43.5 Å². The maximum Gasteiger partial charge on any atom is 0.416 e. The van der Waals surface area contributed by atoms with Gasteiger partial charge in [-0.2, -0.15) is 52.7 Å². The molecule has 0 spiro atoms. The molecular weight excluding hydrogens is 758 g/mol. The van der Waals surface area contributed by atoms with Crippen molar-refractivity contribution in [3.63, 3.8) is 0 Å². The zero-order valence-corrected chi connectivity index (χ0v) is 31.0. The zero-order valence-electron chi connectivity index (χ0n) is 29.2. The summed E-state index contributed by atoms with van der Waals surface area (Å²) in [5, 5.41) is 0.755. The average molecular weight is 795 g/mol. The molecule has 0 amide bonds. The van der Waals surface area contributed by atoms with Gasteiger partial charge < -0.3 is 0 Å². The molecule has 1 aliphatic carbocycles. The molecule has 0 heterocycles. The SMILES string of the molecule is Cc1cc(C)cc(P(c2cc(C)cc(C)c2)[C@H]2CCCC2[C@@H](C)P(c2cc(C(F)(F)F)cc(C(F)(F)F)c2)c2cc(C(F)(F)F)cc(C(F)(F)F)c2)c1. The van der Waals surface area contributed by atoms with Crippen LogP contribution in [0.15, 0.2) is 72.8 Å². The number of hydrogen-bond acceptors (Lipinski definition) is 0. The Morgan fingerprint density at radius 3 is 1.08 bits per heavy atom. The number of hydrogen-bond donors (Lipinski definition) is 0. The van der Waals surface area contributed by atoms with Crippen molar-refractivity contribution in [2.45, 2.75) is 89.9 Å². The maximum atomic E-state index is 14.2. The van der Waals surface area contributed by atoms with Crippen LogP contribution < -0.4 is 21.2 Å². The number of halogens is 12. The molecule has 1 fully saturated rings. The lowest BCUT2D eigenvalue weighted by Crippen LogP contribution is -2.34. The first kappa shape index (κ1) is 41.1. The topological polar surface area (TPSA) is 0 Å². The fourth-order valence-corrected chi connectivity index (χ4v) is 14.4. The molecule has 0 aliphatic heterocycles. The molecule has 1 aliphatic rings. The summed E-state index contributed by atoms with van der Waals surface area (Å²) in [5.41, 5.74) is -4.09. The van der Waals surface area contributed by atoms with Crippen LogP contribution in [0.5, 0.6) is 0 Å². The van der Waals surface area contributed by atoms with Gasteiger partial charge in [0.2, 0.25) is 0 Å². The molecule has 3 atom stereocenters. The summed E-state index contributed by atoms with van der Waals surface area (Å²) in [6.45, 7) is 9.26. The molecule has 0 N–H and O–H groups in total. The van der Waals surface area contributed by atoms with E-state index in [4.69, 9.17) is 0 Å². The highest BCUT2D eigenvalue weighted by Crippen LogP contribution is 2.57. The Bertz CT molecular complexity index is 1720. The zero-order chi connectivity index (χ0) is 39.4. The maximum absolute atomic E-state index is 14.2. The molecule has 286 valence electrons. The second-order valence-corrected chi connectivity index (χ2v) is 18.9. The van der Waals surface area contributed by atoms with E-state index in [9.17, 15) is 52.7 Å². The molecule has 0 bridgehead atoms. The molecule has 0 saturated heterocycles. The van der Waals surface area contributed by atoms with Gasteiger partial charge in [-0.25, -0.2) is 0 Å². The second kappa shape index (κ2) is 14.9. The van der Waals surface area contributed by atoms with Crippen LogP contribution in [-0.4, -0.2) is 11.3 Å². The molecule has 0 radical (unpaired) electrons. The number of rotatable bonds is 7. The molecule has 1 saturated carbocycles. The van der Waals surface area contributed by atoms with E-state index in [1.807, 2.05) is 64.1 Å². The Morgan fingerprint density at radius 1 is 0.453 bits per heavy atom. The van der Waals surface area contributed by atoms with Crippen molar-refractivity contribution in [1.82, 2.24) is 0 Å². The van der Waals surface area contributed by atoms with Crippen LogP contribution in [0.3, 0.4) is 0 Å². The predicted molar refractivity (Wildman–Crippen MR) is 188 cm³/mol. The van der Waals surface area contributed by atoms with Crippen molar-refractivity contribution >= 4 is 37.1 Å². The summed E-state index contributed by atoms with van der Waals surface area (Å²) in [6, 6.07) is 13.7. The van der Waals surface area contributed by atoms with Crippen LogP contribution >= 0.6 is 15.8 Å². The van der Waals surface area contributed by atoms with Crippen molar-refractivity contribution in [3.8, 4) is 0 Å². The van der Waals surface area contributed by atoms with Crippen molar-refractivity contribution in [2.75, 3.05) is 0 Å². The van der Waals surface area contributed by atoms with Gasteiger partial charge in [0.1, 0.15) is 0 Å². The summed E-state index contributed by atoms with van der Waals surface area (Å²) in [6.07, 6.45) is -19.5. The predicted octanol–water partition coefficient (Wildman–Crippen LogP) is 12.1. The Kier molecular flexibility index (Phi) is 11.5. The summed E-state index contributed by atoms with van der Waals surface area (Å²) >= 11 is 0. The molecule has 4 aromatic carbocycles. The Balaban J connectivity index is 1.79. The van der Waals surface area contributed by atoms with Gasteiger partial charge in [-0.05, 0) is 131 Å². The lowest BCUT2D eigenvalue weighted by Gasteiger charge is -2.38. The third-order valence-corrected chi connectivity index (χ3v) is 15.3. The van der Waals surface area contributed by atoms with Crippen LogP contribution in [0.4, 0.5) is 52.7 Å². The van der Waals surface area contributed by atoms with Crippen molar-refractivity contribution in [3.05, 3.63) is 117 Å². The lowest BCUT2D eigenvalue weighted by atomic mass is 10.0. The van der Waals surface area contributed by atoms with E-state index >= 15 is 0 Å². The summed E-state index contributed by atoms with van der Waals surface area (Å²) < 4.78 is 170. The average Bonchev–Trinajstić information content (AvgIpc) is 3.48. The first-order chi connectivity index (χ1) is 24.3. The molecule has 5 rings (SSSR count). The Morgan fingerprint density at radius 2 is 0.774 bits per heavy atom. The molecule has 14 heteroatoms. The van der Waals surface area contributed by atoms with Gasteiger partial charge in [0.25, 0.3) is 0 Å². The minimum Gasteiger partial charge on any atom is -0.166 e. The highest BCUT2D eigenvalue weighted by atomic mass is 31.1. The lowest BCUT2D eigenvalue weighted by molar-refractivity contribution is -0.144. The molecule has 0 aromatic heterocycles. The third-order valence-electron chi connectivity index (χ3n) is 9.56. The van der Waals surface area contributed by atoms with E-state index in [1.165, 1.54) is 0 Å². The van der Waals surface area contributed by atoms with Crippen LogP contribution in [-0.2, 0) is 24.7 Å². The van der Waals surface area contributed by atoms with Gasteiger partial charge in [-0.3, -0.25) is 0 Å². The summed E-state index contributed by atoms with van der Waals surface area (Å²) in [7, 11) is -3.94. The smallest absolute Gasteiger partial charge is 0.166 e. The van der Waals surface area contributed by atoms with Gasteiger partial charge in [0.05, 0.1) is 22.3 Å². The third kappa shape index (κ3) is 9.41. The number of alkyl halides is 12. The van der Waals surface area contributed by atoms with Gasteiger partial charge in [0.15, 0.2) is 0 Å². The Hall–Kier alpha value is -3.10. The minimum absolute atomic E-state index is 0.0905. The van der Waals surface area contributed by atoms with Crippen LogP contribution in [0.2, 0.25) is 0 Å². The molecule has 0 nitrogen and oxygen atoms in total. The summed E-state index contributed by atoms with van der Waals surface area (Å²) in [4.78, 5) is 0. The van der Waals surface area contributed by atoms with Gasteiger partial charge >= 0.3 is 24.7 Å². The highest BCUT2D eigenvalue weighted by molar-refractivity contribution is 7.74. The van der Waals surface area contributed by atoms with E-state index in [1.54, 1.807) is 6.92 Å². The standard InChI is InChI=1S/C39H36F12P2/c1-21-9-22(2)12-30(11-21)53(31-13-23(3)10-24(4)14-31)35-8-6-7-34(35)25(5)52(32-17-26(36(40,41)42)15-27(18-32)37(43,44)45)33-19-28(38(46,47)48)16-29(20-33)39(49,50)51/h9-20,25,34-35H,6-8H2,1-5H3/t25-,34?,35+/m1/s1. The van der Waals surface area contributed by atoms with E-state index in [0.717, 1.165) is 32.9 Å². The fraction of sp³-hybridized carbons (Fsp3) is 0.385. The monoisotopic (exact) mass is 794 g/mol. The quantitative estimate of drug-likeness (QED) is 0.129. The number of aryl methyl sites for hydroxylation is 4. The largest absolute Gasteiger partial charge is 0.416 e. The van der Waals surface area contributed by atoms with Gasteiger partial charge in [0, 0.05) is 0 Å². The van der Waals surface area contributed by atoms with Crippen molar-refractivity contribution < 1.29 is 52.7 Å². The fourth-order valence-electron chi connectivity index (χ4n) is 7.53. The Labute approximate surface area is 302 Å². The minimum atomic E-state index is -5.29. The van der Waals surface area contributed by atoms with Crippen LogP contribution in [0.25, 0.3) is 0 Å². The van der Waals surface area contributed by atoms with Crippen molar-refractivity contribution in [1.29, 1.82) is 0 Å². The normalized spacial score (nSPS) is 17.9. The van der Waals surface area contributed by atoms with Gasteiger partial charge in [-0.15, -0.1) is 0 Å². The van der Waals surface area contributed by atoms with Gasteiger partial charge in [-0.1, -0.05) is 72.0 Å². The molecular formula is C39H36F12P2. The van der Waals surface area contributed by atoms with Crippen LogP contribution in [0.1, 0.15) is 70.7 Å². The van der Waals surface area contributed by atoms with E-state index < -0.39 is 85.0 Å². The molecule has 53 heavy (non-hydrogen) atoms. The molecule has 1 unspecified atom stereocenters. The van der Waals surface area contributed by atoms with E-state index in [-0.39, 0.29) is 17.8 Å². The number of benzene rings is 4. The molecule has 4 aromatic rings. The van der Waals surface area contributed by atoms with E-state index in [2.05, 4.69) is 0 Å². The van der Waals surface area contributed by atoms with Crippen molar-refractivity contribution in [2.24, 2.45) is 5.92 Å². The van der Waals surface area contributed by atoms with Crippen LogP contribution in [0, 0.1) is 33.6 Å².